The van der Waals surface area contributed by atoms with Crippen LogP contribution in [0.5, 0.6) is 5.75 Å². The summed E-state index contributed by atoms with van der Waals surface area (Å²) in [5.41, 5.74) is 0.645. The summed E-state index contributed by atoms with van der Waals surface area (Å²) in [5.74, 6) is -0.486. The third-order valence-electron chi connectivity index (χ3n) is 3.14. The minimum absolute atomic E-state index is 0.0205. The van der Waals surface area contributed by atoms with Crippen LogP contribution in [-0.2, 0) is 16.0 Å². The van der Waals surface area contributed by atoms with E-state index in [0.29, 0.717) is 12.2 Å². The lowest BCUT2D eigenvalue weighted by atomic mass is 9.98. The van der Waals surface area contributed by atoms with Gasteiger partial charge in [0, 0.05) is 12.0 Å². The van der Waals surface area contributed by atoms with Crippen LogP contribution in [0.1, 0.15) is 39.2 Å². The van der Waals surface area contributed by atoms with Gasteiger partial charge in [0.15, 0.2) is 6.61 Å². The van der Waals surface area contributed by atoms with E-state index in [4.69, 9.17) is 9.84 Å². The highest BCUT2D eigenvalue weighted by Gasteiger charge is 2.21. The molecular formula is C16H23NO4. The van der Waals surface area contributed by atoms with Crippen molar-refractivity contribution in [2.24, 2.45) is 0 Å². The van der Waals surface area contributed by atoms with Crippen molar-refractivity contribution in [2.45, 2.75) is 45.6 Å². The Hall–Kier alpha value is -2.04. The molecule has 21 heavy (non-hydrogen) atoms. The highest BCUT2D eigenvalue weighted by Crippen LogP contribution is 2.13. The third-order valence-corrected chi connectivity index (χ3v) is 3.14. The Kier molecular flexibility index (Phi) is 6.21. The Balaban J connectivity index is 2.40. The van der Waals surface area contributed by atoms with Crippen LogP contribution in [0.2, 0.25) is 0 Å². The fraction of sp³-hybridized carbons (Fsp3) is 0.500. The van der Waals surface area contributed by atoms with Crippen LogP contribution in [-0.4, -0.2) is 29.1 Å². The number of nitrogens with one attached hydrogen (secondary N) is 1. The minimum atomic E-state index is -0.871. The lowest BCUT2D eigenvalue weighted by molar-refractivity contribution is -0.138. The molecule has 0 aliphatic rings. The molecule has 0 atom stereocenters. The van der Waals surface area contributed by atoms with Gasteiger partial charge >= 0.3 is 5.97 Å². The van der Waals surface area contributed by atoms with Gasteiger partial charge in [-0.25, -0.2) is 0 Å². The molecule has 0 bridgehead atoms. The molecule has 0 heterocycles. The maximum atomic E-state index is 11.8. The number of ether oxygens (including phenoxy) is 1. The van der Waals surface area contributed by atoms with Gasteiger partial charge in [-0.1, -0.05) is 19.1 Å². The van der Waals surface area contributed by atoms with Crippen LogP contribution < -0.4 is 10.1 Å². The van der Waals surface area contributed by atoms with E-state index in [1.165, 1.54) is 5.56 Å². The Morgan fingerprint density at radius 1 is 1.24 bits per heavy atom. The molecule has 1 amide bonds. The lowest BCUT2D eigenvalue weighted by Crippen LogP contribution is -2.45. The van der Waals surface area contributed by atoms with Gasteiger partial charge in [-0.3, -0.25) is 9.59 Å². The number of hydrogen-bond donors (Lipinski definition) is 2. The molecular weight excluding hydrogens is 270 g/mol. The number of carbonyl (C=O) groups is 2. The number of rotatable bonds is 8. The predicted molar refractivity (Wildman–Crippen MR) is 80.4 cm³/mol. The summed E-state index contributed by atoms with van der Waals surface area (Å²) < 4.78 is 5.41. The van der Waals surface area contributed by atoms with E-state index in [-0.39, 0.29) is 18.9 Å². The molecule has 5 nitrogen and oxygen atoms in total. The Bertz CT molecular complexity index is 480. The quantitative estimate of drug-likeness (QED) is 0.771. The zero-order valence-corrected chi connectivity index (χ0v) is 12.8. The minimum Gasteiger partial charge on any atom is -0.484 e. The molecule has 0 radical (unpaired) electrons. The van der Waals surface area contributed by atoms with Crippen LogP contribution in [0, 0.1) is 0 Å². The molecule has 1 aromatic rings. The molecule has 1 rings (SSSR count). The van der Waals surface area contributed by atoms with Crippen LogP contribution in [0.4, 0.5) is 0 Å². The topological polar surface area (TPSA) is 75.6 Å². The predicted octanol–water partition coefficient (Wildman–Crippen LogP) is 2.39. The number of benzene rings is 1. The van der Waals surface area contributed by atoms with Gasteiger partial charge in [0.2, 0.25) is 0 Å². The zero-order valence-electron chi connectivity index (χ0n) is 12.8. The van der Waals surface area contributed by atoms with Crippen molar-refractivity contribution in [1.29, 1.82) is 0 Å². The van der Waals surface area contributed by atoms with Gasteiger partial charge < -0.3 is 15.2 Å². The molecule has 0 spiro atoms. The van der Waals surface area contributed by atoms with Crippen molar-refractivity contribution >= 4 is 11.9 Å². The number of carboxylic acids is 1. The molecule has 0 aliphatic heterocycles. The van der Waals surface area contributed by atoms with Gasteiger partial charge in [-0.05, 0) is 44.4 Å². The Morgan fingerprint density at radius 2 is 1.86 bits per heavy atom. The average molecular weight is 293 g/mol. The van der Waals surface area contributed by atoms with Crippen molar-refractivity contribution < 1.29 is 19.4 Å². The molecule has 1 aromatic carbocycles. The normalized spacial score (nSPS) is 11.0. The largest absolute Gasteiger partial charge is 0.484 e. The first-order valence-electron chi connectivity index (χ1n) is 7.07. The maximum absolute atomic E-state index is 11.8. The molecule has 0 unspecified atom stereocenters. The highest BCUT2D eigenvalue weighted by atomic mass is 16.5. The monoisotopic (exact) mass is 293 g/mol. The summed E-state index contributed by atoms with van der Waals surface area (Å²) >= 11 is 0. The Morgan fingerprint density at radius 3 is 2.38 bits per heavy atom. The highest BCUT2D eigenvalue weighted by molar-refractivity contribution is 5.78. The second kappa shape index (κ2) is 7.67. The van der Waals surface area contributed by atoms with Crippen LogP contribution in [0.25, 0.3) is 0 Å². The standard InChI is InChI=1S/C16H23NO4/c1-4-12-5-7-13(8-6-12)21-11-14(18)17-16(2,3)10-9-15(19)20/h5-8H,4,9-11H2,1-3H3,(H,17,18)(H,19,20). The molecule has 2 N–H and O–H groups in total. The van der Waals surface area contributed by atoms with Gasteiger partial charge in [0.05, 0.1) is 0 Å². The molecule has 0 aliphatic carbocycles. The molecule has 5 heteroatoms. The number of aliphatic carboxylic acids is 1. The van der Waals surface area contributed by atoms with E-state index in [2.05, 4.69) is 12.2 Å². The average Bonchev–Trinajstić information content (AvgIpc) is 2.43. The van der Waals surface area contributed by atoms with Crippen molar-refractivity contribution in [2.75, 3.05) is 6.61 Å². The SMILES string of the molecule is CCc1ccc(OCC(=O)NC(C)(C)CCC(=O)O)cc1. The molecule has 0 saturated heterocycles. The summed E-state index contributed by atoms with van der Waals surface area (Å²) in [6, 6.07) is 7.59. The maximum Gasteiger partial charge on any atom is 0.303 e. The summed E-state index contributed by atoms with van der Waals surface area (Å²) in [5, 5.41) is 11.4. The van der Waals surface area contributed by atoms with Crippen molar-refractivity contribution in [3.8, 4) is 5.75 Å². The van der Waals surface area contributed by atoms with E-state index >= 15 is 0 Å². The van der Waals surface area contributed by atoms with Crippen LogP contribution in [0.3, 0.4) is 0 Å². The number of hydrogen-bond acceptors (Lipinski definition) is 3. The van der Waals surface area contributed by atoms with Gasteiger partial charge in [-0.15, -0.1) is 0 Å². The summed E-state index contributed by atoms with van der Waals surface area (Å²) in [6.45, 7) is 5.58. The second-order valence-electron chi connectivity index (χ2n) is 5.61. The molecule has 0 aromatic heterocycles. The fourth-order valence-electron chi connectivity index (χ4n) is 1.87. The Labute approximate surface area is 125 Å². The van der Waals surface area contributed by atoms with Crippen molar-refractivity contribution in [1.82, 2.24) is 5.32 Å². The van der Waals surface area contributed by atoms with Gasteiger partial charge in [0.1, 0.15) is 5.75 Å². The third kappa shape index (κ3) is 6.79. The molecule has 0 fully saturated rings. The van der Waals surface area contributed by atoms with E-state index in [1.54, 1.807) is 13.8 Å². The fourth-order valence-corrected chi connectivity index (χ4v) is 1.87. The first-order chi connectivity index (χ1) is 9.82. The van der Waals surface area contributed by atoms with Gasteiger partial charge in [0.25, 0.3) is 5.91 Å². The smallest absolute Gasteiger partial charge is 0.303 e. The molecule has 0 saturated carbocycles. The number of carbonyl (C=O) groups excluding carboxylic acids is 1. The summed E-state index contributed by atoms with van der Waals surface area (Å²) in [7, 11) is 0. The first kappa shape index (κ1) is 17.0. The number of amides is 1. The van der Waals surface area contributed by atoms with E-state index in [1.807, 2.05) is 24.3 Å². The van der Waals surface area contributed by atoms with Crippen LogP contribution in [0.15, 0.2) is 24.3 Å². The van der Waals surface area contributed by atoms with E-state index < -0.39 is 11.5 Å². The van der Waals surface area contributed by atoms with Gasteiger partial charge in [-0.2, -0.15) is 0 Å². The van der Waals surface area contributed by atoms with Crippen molar-refractivity contribution in [3.05, 3.63) is 29.8 Å². The number of aryl methyl sites for hydroxylation is 1. The summed E-state index contributed by atoms with van der Waals surface area (Å²) in [4.78, 5) is 22.4. The second-order valence-corrected chi connectivity index (χ2v) is 5.61. The molecule has 116 valence electrons. The van der Waals surface area contributed by atoms with Crippen molar-refractivity contribution in [3.63, 3.8) is 0 Å². The van der Waals surface area contributed by atoms with E-state index in [9.17, 15) is 9.59 Å². The zero-order chi connectivity index (χ0) is 15.9. The summed E-state index contributed by atoms with van der Waals surface area (Å²) in [6.07, 6.45) is 1.35. The number of carboxylic acid groups (broad SMARTS) is 1. The first-order valence-corrected chi connectivity index (χ1v) is 7.07. The lowest BCUT2D eigenvalue weighted by Gasteiger charge is -2.25. The van der Waals surface area contributed by atoms with E-state index in [0.717, 1.165) is 6.42 Å². The van der Waals surface area contributed by atoms with Crippen LogP contribution >= 0.6 is 0 Å².